The van der Waals surface area contributed by atoms with E-state index in [1.165, 1.54) is 6.07 Å². The lowest BCUT2D eigenvalue weighted by Crippen LogP contribution is -2.44. The van der Waals surface area contributed by atoms with Crippen LogP contribution in [0, 0.1) is 5.95 Å². The summed E-state index contributed by atoms with van der Waals surface area (Å²) in [5, 5.41) is 0.988. The number of rotatable bonds is 3. The number of hydrazine groups is 1. The number of nitrogens with zero attached hydrogens (tertiary/aromatic N) is 4. The average molecular weight is 394 g/mol. The number of aromatic nitrogens is 3. The van der Waals surface area contributed by atoms with E-state index in [9.17, 15) is 4.39 Å². The quantitative estimate of drug-likeness (QED) is 0.662. The molecule has 29 heavy (non-hydrogen) atoms. The molecule has 3 aromatic heterocycles. The molecule has 1 unspecified atom stereocenters. The van der Waals surface area contributed by atoms with Crippen LogP contribution in [0.5, 0.6) is 0 Å². The third kappa shape index (κ3) is 3.43. The fraction of sp³-hybridized carbons (Fsp3) is 0.381. The molecule has 0 saturated carbocycles. The molecule has 0 aliphatic carbocycles. The van der Waals surface area contributed by atoms with Gasteiger partial charge < -0.3 is 9.64 Å². The summed E-state index contributed by atoms with van der Waals surface area (Å²) in [7, 11) is 0. The standard InChI is InChI=1S/C21H23FN6O/c1-13-12-29-9-8-28(13)19-10-16(14-2-3-18(22)24-11-14)15-4-6-23-21(20(15)26-19)17-5-7-25-27-17/h2-4,6,10-11,13,17,25,27H,5,7-9,12H2,1H3/t13-,17?/m1/s1. The lowest BCUT2D eigenvalue weighted by molar-refractivity contribution is 0.0986. The van der Waals surface area contributed by atoms with Crippen molar-refractivity contribution < 1.29 is 9.13 Å². The Morgan fingerprint density at radius 2 is 2.17 bits per heavy atom. The number of anilines is 1. The van der Waals surface area contributed by atoms with Crippen LogP contribution >= 0.6 is 0 Å². The maximum atomic E-state index is 13.4. The first-order chi connectivity index (χ1) is 14.2. The molecule has 150 valence electrons. The Morgan fingerprint density at radius 3 is 2.93 bits per heavy atom. The van der Waals surface area contributed by atoms with Gasteiger partial charge in [0.05, 0.1) is 36.5 Å². The largest absolute Gasteiger partial charge is 0.377 e. The molecule has 5 rings (SSSR count). The molecule has 0 aromatic carbocycles. The lowest BCUT2D eigenvalue weighted by Gasteiger charge is -2.34. The van der Waals surface area contributed by atoms with Crippen molar-refractivity contribution in [2.24, 2.45) is 0 Å². The van der Waals surface area contributed by atoms with Crippen LogP contribution in [0.25, 0.3) is 22.0 Å². The van der Waals surface area contributed by atoms with Gasteiger partial charge in [0, 0.05) is 36.4 Å². The number of ether oxygens (including phenoxy) is 1. The number of hydrogen-bond donors (Lipinski definition) is 2. The Kier molecular flexibility index (Phi) is 4.83. The summed E-state index contributed by atoms with van der Waals surface area (Å²) in [6, 6.07) is 7.52. The predicted octanol–water partition coefficient (Wildman–Crippen LogP) is 2.59. The second-order valence-electron chi connectivity index (χ2n) is 7.52. The van der Waals surface area contributed by atoms with Crippen LogP contribution in [-0.4, -0.2) is 47.3 Å². The van der Waals surface area contributed by atoms with Gasteiger partial charge in [-0.15, -0.1) is 0 Å². The Morgan fingerprint density at radius 1 is 1.24 bits per heavy atom. The van der Waals surface area contributed by atoms with E-state index >= 15 is 0 Å². The van der Waals surface area contributed by atoms with Gasteiger partial charge in [-0.2, -0.15) is 4.39 Å². The van der Waals surface area contributed by atoms with Gasteiger partial charge in [0.15, 0.2) is 0 Å². The van der Waals surface area contributed by atoms with Gasteiger partial charge in [0.2, 0.25) is 5.95 Å². The molecule has 8 heteroatoms. The monoisotopic (exact) mass is 394 g/mol. The van der Waals surface area contributed by atoms with Crippen LogP contribution in [0.4, 0.5) is 10.2 Å². The highest BCUT2D eigenvalue weighted by Gasteiger charge is 2.25. The van der Waals surface area contributed by atoms with E-state index in [0.717, 1.165) is 53.1 Å². The molecule has 0 radical (unpaired) electrons. The van der Waals surface area contributed by atoms with E-state index in [4.69, 9.17) is 9.72 Å². The van der Waals surface area contributed by atoms with Crippen molar-refractivity contribution in [1.29, 1.82) is 0 Å². The van der Waals surface area contributed by atoms with E-state index in [1.54, 1.807) is 12.3 Å². The molecule has 3 aromatic rings. The van der Waals surface area contributed by atoms with Crippen molar-refractivity contribution in [1.82, 2.24) is 25.8 Å². The predicted molar refractivity (Wildman–Crippen MR) is 109 cm³/mol. The van der Waals surface area contributed by atoms with Gasteiger partial charge >= 0.3 is 0 Å². The van der Waals surface area contributed by atoms with Crippen molar-refractivity contribution >= 4 is 16.7 Å². The Balaban J connectivity index is 1.72. The van der Waals surface area contributed by atoms with Crippen molar-refractivity contribution in [2.75, 3.05) is 31.2 Å². The van der Waals surface area contributed by atoms with Crippen LogP contribution in [-0.2, 0) is 4.74 Å². The SMILES string of the molecule is C[C@@H]1COCCN1c1cc(-c2ccc(F)nc2)c2ccnc(C3CCNN3)c2n1. The molecule has 2 aliphatic heterocycles. The Hall–Kier alpha value is -2.68. The lowest BCUT2D eigenvalue weighted by atomic mass is 10.00. The van der Waals surface area contributed by atoms with Gasteiger partial charge in [-0.05, 0) is 43.2 Å². The molecule has 2 N–H and O–H groups in total. The van der Waals surface area contributed by atoms with Crippen molar-refractivity contribution in [3.63, 3.8) is 0 Å². The van der Waals surface area contributed by atoms with Gasteiger partial charge in [0.1, 0.15) is 5.82 Å². The van der Waals surface area contributed by atoms with Crippen LogP contribution in [0.2, 0.25) is 0 Å². The summed E-state index contributed by atoms with van der Waals surface area (Å²) < 4.78 is 19.0. The fourth-order valence-corrected chi connectivity index (χ4v) is 4.09. The molecule has 7 nitrogen and oxygen atoms in total. The van der Waals surface area contributed by atoms with E-state index in [1.807, 2.05) is 12.3 Å². The number of fused-ring (bicyclic) bond motifs is 1. The van der Waals surface area contributed by atoms with Crippen LogP contribution < -0.4 is 15.8 Å². The highest BCUT2D eigenvalue weighted by Crippen LogP contribution is 2.35. The second kappa shape index (κ2) is 7.62. The van der Waals surface area contributed by atoms with E-state index < -0.39 is 5.95 Å². The van der Waals surface area contributed by atoms with Crippen LogP contribution in [0.15, 0.2) is 36.7 Å². The zero-order valence-corrected chi connectivity index (χ0v) is 16.2. The first kappa shape index (κ1) is 18.4. The summed E-state index contributed by atoms with van der Waals surface area (Å²) in [4.78, 5) is 15.8. The molecule has 5 heterocycles. The first-order valence-corrected chi connectivity index (χ1v) is 9.95. The maximum Gasteiger partial charge on any atom is 0.212 e. The maximum absolute atomic E-state index is 13.4. The highest BCUT2D eigenvalue weighted by atomic mass is 19.1. The number of hydrogen-bond acceptors (Lipinski definition) is 7. The van der Waals surface area contributed by atoms with Gasteiger partial charge in [-0.3, -0.25) is 10.4 Å². The molecular formula is C21H23FN6O. The van der Waals surface area contributed by atoms with Gasteiger partial charge in [-0.1, -0.05) is 0 Å². The van der Waals surface area contributed by atoms with E-state index in [2.05, 4.69) is 38.7 Å². The third-order valence-electron chi connectivity index (χ3n) is 5.61. The molecule has 2 atom stereocenters. The topological polar surface area (TPSA) is 75.2 Å². The molecule has 0 spiro atoms. The summed E-state index contributed by atoms with van der Waals surface area (Å²) in [5.41, 5.74) is 10.1. The molecule has 2 fully saturated rings. The highest BCUT2D eigenvalue weighted by molar-refractivity contribution is 5.97. The minimum Gasteiger partial charge on any atom is -0.377 e. The molecule has 2 saturated heterocycles. The van der Waals surface area contributed by atoms with Crippen molar-refractivity contribution in [3.05, 3.63) is 48.3 Å². The van der Waals surface area contributed by atoms with Crippen molar-refractivity contribution in [2.45, 2.75) is 25.4 Å². The van der Waals surface area contributed by atoms with E-state index in [-0.39, 0.29) is 12.1 Å². The number of pyridine rings is 3. The summed E-state index contributed by atoms with van der Waals surface area (Å²) in [6.07, 6.45) is 4.34. The Labute approximate surface area is 168 Å². The fourth-order valence-electron chi connectivity index (χ4n) is 4.09. The normalized spacial score (nSPS) is 22.3. The smallest absolute Gasteiger partial charge is 0.212 e. The number of halogens is 1. The van der Waals surface area contributed by atoms with Gasteiger partial charge in [-0.25, -0.2) is 15.4 Å². The van der Waals surface area contributed by atoms with Crippen LogP contribution in [0.3, 0.4) is 0 Å². The van der Waals surface area contributed by atoms with Gasteiger partial charge in [0.25, 0.3) is 0 Å². The molecule has 2 aliphatic rings. The average Bonchev–Trinajstić information content (AvgIpc) is 3.28. The minimum atomic E-state index is -0.488. The molecule has 0 bridgehead atoms. The molecule has 0 amide bonds. The first-order valence-electron chi connectivity index (χ1n) is 9.95. The summed E-state index contributed by atoms with van der Waals surface area (Å²) in [6.45, 7) is 5.14. The Bertz CT molecular complexity index is 1020. The zero-order valence-electron chi connectivity index (χ0n) is 16.2. The molecular weight excluding hydrogens is 371 g/mol. The van der Waals surface area contributed by atoms with E-state index in [0.29, 0.717) is 13.2 Å². The number of morpholine rings is 1. The summed E-state index contributed by atoms with van der Waals surface area (Å²) >= 11 is 0. The van der Waals surface area contributed by atoms with Crippen molar-refractivity contribution in [3.8, 4) is 11.1 Å². The zero-order chi connectivity index (χ0) is 19.8. The second-order valence-corrected chi connectivity index (χ2v) is 7.52. The summed E-state index contributed by atoms with van der Waals surface area (Å²) in [5.74, 6) is 0.394. The van der Waals surface area contributed by atoms with Crippen LogP contribution in [0.1, 0.15) is 25.1 Å². The number of nitrogens with one attached hydrogen (secondary N) is 2. The third-order valence-corrected chi connectivity index (χ3v) is 5.61. The minimum absolute atomic E-state index is 0.0998.